The summed E-state index contributed by atoms with van der Waals surface area (Å²) >= 11 is 0. The van der Waals surface area contributed by atoms with Gasteiger partial charge in [0.2, 0.25) is 5.91 Å². The summed E-state index contributed by atoms with van der Waals surface area (Å²) in [4.78, 5) is 18.3. The Hall–Kier alpha value is -0.610. The predicted molar refractivity (Wildman–Crippen MR) is 124 cm³/mol. The van der Waals surface area contributed by atoms with Crippen molar-refractivity contribution in [2.75, 3.05) is 19.7 Å². The first kappa shape index (κ1) is 26.4. The summed E-state index contributed by atoms with van der Waals surface area (Å²) in [6.45, 7) is 21.4. The Bertz CT molecular complexity index is 471. The topological polar surface area (TPSA) is 50.4 Å². The van der Waals surface area contributed by atoms with Gasteiger partial charge in [-0.25, -0.2) is 5.48 Å². The van der Waals surface area contributed by atoms with Crippen LogP contribution >= 0.6 is 0 Å². The Labute approximate surface area is 181 Å². The Balaban J connectivity index is 2.96. The number of carbonyl (C=O) groups excluding carboxylic acids is 1. The molecule has 0 aromatic rings. The van der Waals surface area contributed by atoms with Crippen LogP contribution in [0.25, 0.3) is 0 Å². The van der Waals surface area contributed by atoms with Crippen LogP contribution in [0.1, 0.15) is 100 Å². The molecule has 0 aromatic heterocycles. The van der Waals surface area contributed by atoms with Crippen LogP contribution in [-0.2, 0) is 9.63 Å². The molecule has 1 fully saturated rings. The Morgan fingerprint density at radius 1 is 0.862 bits per heavy atom. The third kappa shape index (κ3) is 9.38. The highest BCUT2D eigenvalue weighted by Gasteiger charge is 2.41. The molecule has 0 bridgehead atoms. The van der Waals surface area contributed by atoms with Gasteiger partial charge in [-0.1, -0.05) is 61.8 Å². The van der Waals surface area contributed by atoms with Gasteiger partial charge in [-0.2, -0.15) is 0 Å². The lowest BCUT2D eigenvalue weighted by Crippen LogP contribution is -2.39. The van der Waals surface area contributed by atoms with Crippen LogP contribution in [0.15, 0.2) is 0 Å². The average Bonchev–Trinajstić information content (AvgIpc) is 2.60. The Kier molecular flexibility index (Phi) is 11.2. The molecule has 1 aliphatic rings. The van der Waals surface area contributed by atoms with Crippen LogP contribution in [0.2, 0.25) is 0 Å². The molecule has 2 atom stereocenters. The minimum Gasteiger partial charge on any atom is -0.356 e. The Morgan fingerprint density at radius 3 is 2.00 bits per heavy atom. The number of rotatable bonds is 2. The van der Waals surface area contributed by atoms with E-state index in [4.69, 9.17) is 4.84 Å². The molecule has 1 rings (SSSR count). The molecule has 1 amide bonds. The maximum atomic E-state index is 12.6. The van der Waals surface area contributed by atoms with Gasteiger partial charge in [-0.05, 0) is 66.6 Å². The van der Waals surface area contributed by atoms with Gasteiger partial charge in [0.25, 0.3) is 0 Å². The quantitative estimate of drug-likeness (QED) is 0.590. The molecule has 2 N–H and O–H groups in total. The first-order valence-electron chi connectivity index (χ1n) is 12.1. The fraction of sp³-hybridized carbons (Fsp3) is 0.960. The SMILES string of the molecule is CC(C)C1CCONCCCCCNC(=O)CC(C(C)C)CC(C)(C)C(C)(C)C1. The smallest absolute Gasteiger partial charge is 0.220 e. The molecule has 29 heavy (non-hydrogen) atoms. The van der Waals surface area contributed by atoms with E-state index in [2.05, 4.69) is 66.2 Å². The van der Waals surface area contributed by atoms with E-state index in [0.717, 1.165) is 51.8 Å². The monoisotopic (exact) mass is 410 g/mol. The number of nitrogens with one attached hydrogen (secondary N) is 2. The first-order valence-corrected chi connectivity index (χ1v) is 12.1. The molecular formula is C25H50N2O2. The van der Waals surface area contributed by atoms with E-state index < -0.39 is 0 Å². The van der Waals surface area contributed by atoms with Gasteiger partial charge >= 0.3 is 0 Å². The molecule has 0 spiro atoms. The summed E-state index contributed by atoms with van der Waals surface area (Å²) in [6.07, 6.45) is 7.26. The predicted octanol–water partition coefficient (Wildman–Crippen LogP) is 5.96. The fourth-order valence-electron chi connectivity index (χ4n) is 4.47. The van der Waals surface area contributed by atoms with E-state index in [-0.39, 0.29) is 16.7 Å². The second-order valence-electron chi connectivity index (χ2n) is 11.3. The molecule has 1 aliphatic heterocycles. The van der Waals surface area contributed by atoms with Gasteiger partial charge in [-0.15, -0.1) is 0 Å². The van der Waals surface area contributed by atoms with E-state index in [1.54, 1.807) is 0 Å². The van der Waals surface area contributed by atoms with Crippen molar-refractivity contribution >= 4 is 5.91 Å². The van der Waals surface area contributed by atoms with E-state index in [1.165, 1.54) is 6.42 Å². The number of carbonyl (C=O) groups is 1. The van der Waals surface area contributed by atoms with Gasteiger partial charge < -0.3 is 10.2 Å². The first-order chi connectivity index (χ1) is 13.5. The maximum Gasteiger partial charge on any atom is 0.220 e. The van der Waals surface area contributed by atoms with Crippen LogP contribution in [0.5, 0.6) is 0 Å². The second kappa shape index (κ2) is 12.3. The van der Waals surface area contributed by atoms with Crippen molar-refractivity contribution in [2.24, 2.45) is 34.5 Å². The van der Waals surface area contributed by atoms with Crippen molar-refractivity contribution < 1.29 is 9.63 Å². The van der Waals surface area contributed by atoms with Crippen molar-refractivity contribution in [3.63, 3.8) is 0 Å². The fourth-order valence-corrected chi connectivity index (χ4v) is 4.47. The summed E-state index contributed by atoms with van der Waals surface area (Å²) in [5, 5.41) is 3.15. The molecular weight excluding hydrogens is 360 g/mol. The molecule has 4 nitrogen and oxygen atoms in total. The average molecular weight is 411 g/mol. The van der Waals surface area contributed by atoms with Crippen LogP contribution in [-0.4, -0.2) is 25.6 Å². The van der Waals surface area contributed by atoms with E-state index >= 15 is 0 Å². The number of hydrogen-bond acceptors (Lipinski definition) is 3. The van der Waals surface area contributed by atoms with Crippen molar-refractivity contribution in [1.82, 2.24) is 10.8 Å². The van der Waals surface area contributed by atoms with Gasteiger partial charge in [0.1, 0.15) is 0 Å². The van der Waals surface area contributed by atoms with Crippen LogP contribution in [0.3, 0.4) is 0 Å². The van der Waals surface area contributed by atoms with Gasteiger partial charge in [-0.3, -0.25) is 4.79 Å². The molecule has 0 aromatic carbocycles. The van der Waals surface area contributed by atoms with Gasteiger partial charge in [0, 0.05) is 19.5 Å². The lowest BCUT2D eigenvalue weighted by Gasteiger charge is -2.47. The largest absolute Gasteiger partial charge is 0.356 e. The van der Waals surface area contributed by atoms with E-state index in [9.17, 15) is 4.79 Å². The summed E-state index contributed by atoms with van der Waals surface area (Å²) in [5.74, 6) is 2.45. The van der Waals surface area contributed by atoms with Crippen LogP contribution < -0.4 is 10.8 Å². The molecule has 4 heteroatoms. The molecule has 0 aliphatic carbocycles. The van der Waals surface area contributed by atoms with Crippen molar-refractivity contribution in [3.05, 3.63) is 0 Å². The third-order valence-corrected chi connectivity index (χ3v) is 7.68. The summed E-state index contributed by atoms with van der Waals surface area (Å²) in [5.41, 5.74) is 3.49. The molecule has 1 heterocycles. The molecule has 172 valence electrons. The summed E-state index contributed by atoms with van der Waals surface area (Å²) in [7, 11) is 0. The normalized spacial score (nSPS) is 28.6. The summed E-state index contributed by atoms with van der Waals surface area (Å²) in [6, 6.07) is 0. The van der Waals surface area contributed by atoms with Crippen molar-refractivity contribution in [2.45, 2.75) is 100 Å². The van der Waals surface area contributed by atoms with E-state index in [0.29, 0.717) is 30.1 Å². The minimum atomic E-state index is 0.167. The highest BCUT2D eigenvalue weighted by Crippen LogP contribution is 2.49. The zero-order valence-corrected chi connectivity index (χ0v) is 20.7. The number of amides is 1. The van der Waals surface area contributed by atoms with Gasteiger partial charge in [0.15, 0.2) is 0 Å². The van der Waals surface area contributed by atoms with E-state index in [1.807, 2.05) is 0 Å². The highest BCUT2D eigenvalue weighted by molar-refractivity contribution is 5.76. The van der Waals surface area contributed by atoms with Gasteiger partial charge in [0.05, 0.1) is 6.61 Å². The lowest BCUT2D eigenvalue weighted by molar-refractivity contribution is -0.122. The summed E-state index contributed by atoms with van der Waals surface area (Å²) < 4.78 is 0. The molecule has 0 saturated carbocycles. The third-order valence-electron chi connectivity index (χ3n) is 7.68. The zero-order valence-electron chi connectivity index (χ0n) is 20.7. The Morgan fingerprint density at radius 2 is 1.41 bits per heavy atom. The number of hydrogen-bond donors (Lipinski definition) is 2. The van der Waals surface area contributed by atoms with Crippen LogP contribution in [0.4, 0.5) is 0 Å². The minimum absolute atomic E-state index is 0.167. The van der Waals surface area contributed by atoms with Crippen molar-refractivity contribution in [3.8, 4) is 0 Å². The van der Waals surface area contributed by atoms with Crippen LogP contribution in [0, 0.1) is 34.5 Å². The highest BCUT2D eigenvalue weighted by atomic mass is 16.6. The zero-order chi connectivity index (χ0) is 22.1. The lowest BCUT2D eigenvalue weighted by atomic mass is 9.58. The number of hydroxylamine groups is 1. The molecule has 1 saturated heterocycles. The maximum absolute atomic E-state index is 12.6. The standard InChI is InChI=1S/C25H50N2O2/c1-19(2)21-12-15-29-27-14-11-9-10-13-26-23(28)16-22(20(3)4)18-25(7,8)24(5,6)17-21/h19-22,27H,9-18H2,1-8H3,(H,26,28). The molecule has 2 unspecified atom stereocenters. The van der Waals surface area contributed by atoms with Crippen molar-refractivity contribution in [1.29, 1.82) is 0 Å². The second-order valence-corrected chi connectivity index (χ2v) is 11.3. The molecule has 0 radical (unpaired) electrons.